The molecule has 174 valence electrons. The molecule has 1 aromatic rings. The largest absolute Gasteiger partial charge is 0.477 e. The number of aromatic nitrogens is 1. The van der Waals surface area contributed by atoms with E-state index in [2.05, 4.69) is 27.5 Å². The lowest BCUT2D eigenvalue weighted by Crippen LogP contribution is -2.71. The Morgan fingerprint density at radius 1 is 1.45 bits per heavy atom. The number of nitrogens with two attached hydrogens (primary N) is 1. The van der Waals surface area contributed by atoms with Gasteiger partial charge in [-0.3, -0.25) is 19.3 Å². The minimum absolute atomic E-state index is 0.142. The fourth-order valence-corrected chi connectivity index (χ4v) is 4.84. The number of nitrogens with one attached hydrogen (secondary N) is 1. The van der Waals surface area contributed by atoms with Gasteiger partial charge in [-0.2, -0.15) is 0 Å². The number of carboxylic acid groups (broad SMARTS) is 1. The van der Waals surface area contributed by atoms with Gasteiger partial charge >= 0.3 is 11.9 Å². The SMILES string of the molecule is CCC#CON=C(C(=O)NC1C(=O)N2C(C(=O)O)=C(COC(C)=O)CS[C@H]12)c1csc(N)n1. The molecule has 1 aromatic heterocycles. The van der Waals surface area contributed by atoms with Crippen molar-refractivity contribution >= 4 is 57.7 Å². The molecular weight excluding hydrogens is 474 g/mol. The number of esters is 1. The summed E-state index contributed by atoms with van der Waals surface area (Å²) in [6.45, 7) is 2.77. The van der Waals surface area contributed by atoms with Gasteiger partial charge in [0.1, 0.15) is 35.5 Å². The zero-order valence-corrected chi connectivity index (χ0v) is 19.1. The Morgan fingerprint density at radius 3 is 2.82 bits per heavy atom. The molecule has 2 atom stereocenters. The molecule has 0 radical (unpaired) electrons. The van der Waals surface area contributed by atoms with E-state index in [1.54, 1.807) is 0 Å². The third-order valence-electron chi connectivity index (χ3n) is 4.40. The van der Waals surface area contributed by atoms with Crippen molar-refractivity contribution in [2.24, 2.45) is 5.16 Å². The molecule has 3 heterocycles. The second kappa shape index (κ2) is 10.4. The van der Waals surface area contributed by atoms with Crippen molar-refractivity contribution in [2.45, 2.75) is 31.7 Å². The molecule has 33 heavy (non-hydrogen) atoms. The Bertz CT molecular complexity index is 1120. The van der Waals surface area contributed by atoms with Crippen LogP contribution in [0.15, 0.2) is 21.8 Å². The van der Waals surface area contributed by atoms with Gasteiger partial charge in [-0.25, -0.2) is 9.78 Å². The number of carbonyl (C=O) groups excluding carboxylic acids is 3. The molecule has 1 saturated heterocycles. The Balaban J connectivity index is 1.78. The molecule has 0 saturated carbocycles. The Hall–Kier alpha value is -3.57. The second-order valence-corrected chi connectivity index (χ2v) is 8.63. The third kappa shape index (κ3) is 5.26. The number of hydrogen-bond acceptors (Lipinski definition) is 11. The summed E-state index contributed by atoms with van der Waals surface area (Å²) >= 11 is 2.32. The van der Waals surface area contributed by atoms with E-state index < -0.39 is 35.2 Å². The Labute approximate surface area is 196 Å². The number of fused-ring (bicyclic) bond motifs is 1. The molecule has 2 aliphatic heterocycles. The molecule has 0 spiro atoms. The summed E-state index contributed by atoms with van der Waals surface area (Å²) in [6.07, 6.45) is 2.83. The van der Waals surface area contributed by atoms with Crippen LogP contribution >= 0.6 is 23.1 Å². The first-order valence-electron chi connectivity index (χ1n) is 9.52. The van der Waals surface area contributed by atoms with Gasteiger partial charge in [0.2, 0.25) is 0 Å². The minimum Gasteiger partial charge on any atom is -0.477 e. The number of rotatable bonds is 7. The Morgan fingerprint density at radius 2 is 2.21 bits per heavy atom. The minimum atomic E-state index is -1.33. The van der Waals surface area contributed by atoms with Crippen LogP contribution < -0.4 is 11.1 Å². The molecule has 14 heteroatoms. The van der Waals surface area contributed by atoms with Gasteiger partial charge in [-0.05, 0) is 0 Å². The summed E-state index contributed by atoms with van der Waals surface area (Å²) in [5.74, 6) is -0.446. The van der Waals surface area contributed by atoms with E-state index in [1.807, 2.05) is 6.92 Å². The Kier molecular flexibility index (Phi) is 7.56. The third-order valence-corrected chi connectivity index (χ3v) is 6.41. The van der Waals surface area contributed by atoms with Crippen molar-refractivity contribution in [1.82, 2.24) is 15.2 Å². The van der Waals surface area contributed by atoms with Gasteiger partial charge in [-0.15, -0.1) is 23.1 Å². The smallest absolute Gasteiger partial charge is 0.352 e. The monoisotopic (exact) mass is 493 g/mol. The van der Waals surface area contributed by atoms with E-state index in [0.717, 1.165) is 16.2 Å². The van der Waals surface area contributed by atoms with Crippen molar-refractivity contribution in [2.75, 3.05) is 18.1 Å². The lowest BCUT2D eigenvalue weighted by molar-refractivity contribution is -0.150. The molecule has 1 unspecified atom stereocenters. The van der Waals surface area contributed by atoms with Crippen molar-refractivity contribution in [1.29, 1.82) is 0 Å². The van der Waals surface area contributed by atoms with E-state index in [0.29, 0.717) is 12.0 Å². The maximum absolute atomic E-state index is 12.9. The van der Waals surface area contributed by atoms with Crippen LogP contribution in [0.3, 0.4) is 0 Å². The highest BCUT2D eigenvalue weighted by Gasteiger charge is 2.54. The van der Waals surface area contributed by atoms with E-state index in [-0.39, 0.29) is 34.6 Å². The highest BCUT2D eigenvalue weighted by Crippen LogP contribution is 2.40. The van der Waals surface area contributed by atoms with Crippen LogP contribution in [-0.4, -0.2) is 68.2 Å². The molecule has 0 bridgehead atoms. The van der Waals surface area contributed by atoms with Crippen LogP contribution in [0.4, 0.5) is 5.13 Å². The van der Waals surface area contributed by atoms with Crippen LogP contribution in [0.25, 0.3) is 0 Å². The number of thiazole rings is 1. The molecule has 0 aliphatic carbocycles. The molecule has 12 nitrogen and oxygen atoms in total. The molecule has 0 aromatic carbocycles. The summed E-state index contributed by atoms with van der Waals surface area (Å²) in [6, 6.07) is -1.00. The van der Waals surface area contributed by atoms with E-state index in [4.69, 9.17) is 15.3 Å². The van der Waals surface area contributed by atoms with Crippen LogP contribution in [0.1, 0.15) is 26.0 Å². The lowest BCUT2D eigenvalue weighted by Gasteiger charge is -2.49. The summed E-state index contributed by atoms with van der Waals surface area (Å²) in [5, 5.41) is 16.9. The van der Waals surface area contributed by atoms with E-state index in [1.165, 1.54) is 24.1 Å². The molecule has 2 amide bonds. The standard InChI is InChI=1S/C19H19N5O7S2/c1-3-4-5-31-23-12(11-8-33-19(20)21-11)15(26)22-13-16(27)24-14(18(28)29)10(6-30-9(2)25)7-32-17(13)24/h8,13,17H,3,6-7H2,1-2H3,(H2,20,21)(H,22,26)(H,28,29)/t13?,17-/m1/s1. The van der Waals surface area contributed by atoms with Crippen molar-refractivity contribution in [3.63, 3.8) is 0 Å². The van der Waals surface area contributed by atoms with Crippen LogP contribution in [0, 0.1) is 12.0 Å². The topological polar surface area (TPSA) is 174 Å². The second-order valence-electron chi connectivity index (χ2n) is 6.63. The van der Waals surface area contributed by atoms with Gasteiger partial charge in [0.05, 0.1) is 0 Å². The summed E-state index contributed by atoms with van der Waals surface area (Å²) in [5.41, 5.74) is 5.58. The average molecular weight is 494 g/mol. The number of carboxylic acids is 1. The summed E-state index contributed by atoms with van der Waals surface area (Å²) in [4.78, 5) is 58.5. The first-order chi connectivity index (χ1) is 15.7. The van der Waals surface area contributed by atoms with Gasteiger partial charge in [0.25, 0.3) is 11.8 Å². The van der Waals surface area contributed by atoms with Crippen molar-refractivity contribution in [3.05, 3.63) is 22.3 Å². The quantitative estimate of drug-likeness (QED) is 0.156. The predicted molar refractivity (Wildman–Crippen MR) is 119 cm³/mol. The van der Waals surface area contributed by atoms with Gasteiger partial charge in [-0.1, -0.05) is 18.0 Å². The van der Waals surface area contributed by atoms with Crippen molar-refractivity contribution in [3.8, 4) is 12.0 Å². The van der Waals surface area contributed by atoms with Crippen LogP contribution in [-0.2, 0) is 28.8 Å². The van der Waals surface area contributed by atoms with Crippen LogP contribution in [0.5, 0.6) is 0 Å². The van der Waals surface area contributed by atoms with Crippen molar-refractivity contribution < 1.29 is 33.9 Å². The van der Waals surface area contributed by atoms with E-state index in [9.17, 15) is 24.3 Å². The number of ether oxygens (including phenoxy) is 1. The molecule has 3 rings (SSSR count). The van der Waals surface area contributed by atoms with E-state index >= 15 is 0 Å². The average Bonchev–Trinajstić information content (AvgIpc) is 3.20. The fourth-order valence-electron chi connectivity index (χ4n) is 2.97. The first kappa shape index (κ1) is 24.1. The summed E-state index contributed by atoms with van der Waals surface area (Å²) < 4.78 is 4.90. The number of anilines is 1. The molecule has 2 aliphatic rings. The molecule has 4 N–H and O–H groups in total. The highest BCUT2D eigenvalue weighted by atomic mass is 32.2. The van der Waals surface area contributed by atoms with Gasteiger partial charge < -0.3 is 25.7 Å². The number of thioether (sulfide) groups is 1. The lowest BCUT2D eigenvalue weighted by atomic mass is 10.0. The number of amides is 2. The number of nitrogen functional groups attached to an aromatic ring is 1. The number of β-lactam (4-membered cyclic amide) rings is 1. The normalized spacial score (nSPS) is 19.6. The number of oxime groups is 1. The summed E-state index contributed by atoms with van der Waals surface area (Å²) in [7, 11) is 0. The maximum atomic E-state index is 12.9. The van der Waals surface area contributed by atoms with Gasteiger partial charge in [0, 0.05) is 30.1 Å². The predicted octanol–water partition coefficient (Wildman–Crippen LogP) is 0.119. The van der Waals surface area contributed by atoms with Crippen LogP contribution in [0.2, 0.25) is 0 Å². The zero-order valence-electron chi connectivity index (χ0n) is 17.5. The molecule has 1 fully saturated rings. The first-order valence-corrected chi connectivity index (χ1v) is 11.4. The number of nitrogens with zero attached hydrogens (tertiary/aromatic N) is 3. The fraction of sp³-hybridized carbons (Fsp3) is 0.368. The number of aliphatic carboxylic acids is 1. The zero-order chi connectivity index (χ0) is 24.1. The number of hydrogen-bond donors (Lipinski definition) is 3. The number of carbonyl (C=O) groups is 4. The highest BCUT2D eigenvalue weighted by molar-refractivity contribution is 8.00. The molecular formula is C19H19N5O7S2. The van der Waals surface area contributed by atoms with Gasteiger partial charge in [0.15, 0.2) is 10.8 Å². The maximum Gasteiger partial charge on any atom is 0.352 e.